The molecule has 0 radical (unpaired) electrons. The number of pyridine rings is 1. The van der Waals surface area contributed by atoms with E-state index in [1.807, 2.05) is 12.1 Å². The zero-order chi connectivity index (χ0) is 27.9. The Balaban J connectivity index is 1.37. The molecule has 1 saturated heterocycles. The molecule has 3 N–H and O–H groups in total. The van der Waals surface area contributed by atoms with Crippen LogP contribution in [0.2, 0.25) is 0 Å². The van der Waals surface area contributed by atoms with Gasteiger partial charge in [0.1, 0.15) is 22.9 Å². The molecule has 1 aliphatic heterocycles. The number of hydrogen-bond acceptors (Lipinski definition) is 10. The van der Waals surface area contributed by atoms with Gasteiger partial charge < -0.3 is 25.8 Å². The summed E-state index contributed by atoms with van der Waals surface area (Å²) in [4.78, 5) is 38.6. The van der Waals surface area contributed by atoms with Gasteiger partial charge in [0.25, 0.3) is 5.91 Å². The second kappa shape index (κ2) is 12.3. The predicted octanol–water partition coefficient (Wildman–Crippen LogP) is 3.62. The van der Waals surface area contributed by atoms with Crippen molar-refractivity contribution in [3.63, 3.8) is 0 Å². The molecule has 3 aromatic heterocycles. The maximum absolute atomic E-state index is 13.2. The minimum atomic E-state index is -0.678. The number of carbonyl (C=O) groups excluding carboxylic acids is 1. The molecule has 4 aromatic rings. The van der Waals surface area contributed by atoms with Crippen LogP contribution in [0, 0.1) is 5.95 Å². The van der Waals surface area contributed by atoms with Crippen LogP contribution >= 0.6 is 0 Å². The summed E-state index contributed by atoms with van der Waals surface area (Å²) in [6.07, 6.45) is 5.36. The zero-order valence-corrected chi connectivity index (χ0v) is 22.0. The van der Waals surface area contributed by atoms with Gasteiger partial charge in [0.2, 0.25) is 11.9 Å². The van der Waals surface area contributed by atoms with Gasteiger partial charge in [0.05, 0.1) is 18.1 Å². The van der Waals surface area contributed by atoms with Crippen LogP contribution in [0.3, 0.4) is 0 Å². The highest BCUT2D eigenvalue weighted by atomic mass is 19.1. The molecule has 0 bridgehead atoms. The first-order valence-electron chi connectivity index (χ1n) is 12.8. The minimum Gasteiger partial charge on any atom is -0.369 e. The second-order valence-electron chi connectivity index (χ2n) is 9.17. The van der Waals surface area contributed by atoms with Crippen molar-refractivity contribution in [2.24, 2.45) is 0 Å². The third kappa shape index (κ3) is 6.53. The van der Waals surface area contributed by atoms with Crippen molar-refractivity contribution in [3.8, 4) is 11.4 Å². The van der Waals surface area contributed by atoms with Crippen LogP contribution in [-0.4, -0.2) is 75.5 Å². The molecule has 11 nitrogen and oxygen atoms in total. The highest BCUT2D eigenvalue weighted by molar-refractivity contribution is 5.99. The summed E-state index contributed by atoms with van der Waals surface area (Å²) >= 11 is 0. The number of carbonyl (C=O) groups is 1. The number of benzene rings is 1. The molecule has 0 saturated carbocycles. The number of nitrogens with one attached hydrogen (secondary N) is 3. The zero-order valence-electron chi connectivity index (χ0n) is 22.0. The number of rotatable bonds is 9. The highest BCUT2D eigenvalue weighted by Gasteiger charge is 2.17. The first-order chi connectivity index (χ1) is 19.5. The van der Waals surface area contributed by atoms with Crippen LogP contribution in [-0.2, 0) is 0 Å². The number of anilines is 5. The van der Waals surface area contributed by atoms with Crippen LogP contribution in [0.1, 0.15) is 10.4 Å². The Hall–Kier alpha value is -4.97. The molecule has 4 heterocycles. The molecule has 5 rings (SSSR count). The van der Waals surface area contributed by atoms with E-state index in [1.54, 1.807) is 24.3 Å². The van der Waals surface area contributed by atoms with Crippen LogP contribution in [0.25, 0.3) is 11.4 Å². The van der Waals surface area contributed by atoms with E-state index in [2.05, 4.69) is 76.4 Å². The van der Waals surface area contributed by atoms with E-state index in [0.29, 0.717) is 23.2 Å². The van der Waals surface area contributed by atoms with E-state index < -0.39 is 5.95 Å². The van der Waals surface area contributed by atoms with E-state index in [4.69, 9.17) is 0 Å². The summed E-state index contributed by atoms with van der Waals surface area (Å²) in [6, 6.07) is 13.3. The molecule has 1 fully saturated rings. The minimum absolute atomic E-state index is 0.228. The van der Waals surface area contributed by atoms with Crippen LogP contribution in [0.5, 0.6) is 0 Å². The smallest absolute Gasteiger partial charge is 0.256 e. The van der Waals surface area contributed by atoms with E-state index in [-0.39, 0.29) is 23.8 Å². The van der Waals surface area contributed by atoms with Gasteiger partial charge in [-0.15, -0.1) is 6.58 Å². The van der Waals surface area contributed by atoms with Gasteiger partial charge in [-0.2, -0.15) is 9.37 Å². The van der Waals surface area contributed by atoms with Crippen molar-refractivity contribution >= 4 is 34.9 Å². The topological polar surface area (TPSA) is 124 Å². The summed E-state index contributed by atoms with van der Waals surface area (Å²) in [5, 5.41) is 9.07. The fraction of sp³-hybridized carbons (Fsp3) is 0.214. The largest absolute Gasteiger partial charge is 0.369 e. The van der Waals surface area contributed by atoms with Crippen molar-refractivity contribution in [2.75, 3.05) is 55.3 Å². The van der Waals surface area contributed by atoms with Gasteiger partial charge in [-0.25, -0.2) is 19.9 Å². The van der Waals surface area contributed by atoms with Gasteiger partial charge in [0, 0.05) is 50.3 Å². The van der Waals surface area contributed by atoms with Crippen molar-refractivity contribution in [1.82, 2.24) is 35.1 Å². The predicted molar refractivity (Wildman–Crippen MR) is 153 cm³/mol. The van der Waals surface area contributed by atoms with Gasteiger partial charge in [-0.1, -0.05) is 12.1 Å². The number of aromatic nitrogens is 5. The van der Waals surface area contributed by atoms with Crippen LogP contribution in [0.15, 0.2) is 73.7 Å². The third-order valence-electron chi connectivity index (χ3n) is 6.31. The Morgan fingerprint density at radius 1 is 0.950 bits per heavy atom. The standard InChI is InChI=1S/C28H29FN10O/c1-3-11-30-27(40)21-16-33-28(34-19-7-9-20(10-8-19)39-14-12-38(2)13-15-39)37-26(21)36-25-6-4-5-22(35-25)23-17-32-24(29)18-31-23/h3-10,16-18H,1,11-15H2,2H3,(H,30,40)(H2,33,34,35,36,37). The Labute approximate surface area is 231 Å². The van der Waals surface area contributed by atoms with E-state index in [0.717, 1.165) is 43.8 Å². The summed E-state index contributed by atoms with van der Waals surface area (Å²) in [5.74, 6) is -0.0876. The second-order valence-corrected chi connectivity index (χ2v) is 9.17. The molecule has 0 spiro atoms. The van der Waals surface area contributed by atoms with Gasteiger partial charge >= 0.3 is 0 Å². The maximum atomic E-state index is 13.2. The van der Waals surface area contributed by atoms with E-state index in [1.165, 1.54) is 12.4 Å². The van der Waals surface area contributed by atoms with Gasteiger partial charge in [-0.3, -0.25) is 4.79 Å². The lowest BCUT2D eigenvalue weighted by molar-refractivity contribution is 0.0958. The Morgan fingerprint density at radius 3 is 2.48 bits per heavy atom. The Bertz CT molecular complexity index is 1470. The van der Waals surface area contributed by atoms with Gasteiger partial charge in [-0.05, 0) is 43.4 Å². The Morgan fingerprint density at radius 2 is 1.75 bits per heavy atom. The summed E-state index contributed by atoms with van der Waals surface area (Å²) < 4.78 is 13.2. The van der Waals surface area contributed by atoms with E-state index >= 15 is 0 Å². The molecular formula is C28H29FN10O. The molecule has 12 heteroatoms. The molecule has 1 aliphatic rings. The molecule has 0 aliphatic carbocycles. The fourth-order valence-electron chi connectivity index (χ4n) is 4.13. The first-order valence-corrected chi connectivity index (χ1v) is 12.8. The average Bonchev–Trinajstić information content (AvgIpc) is 2.97. The van der Waals surface area contributed by atoms with E-state index in [9.17, 15) is 9.18 Å². The number of hydrogen-bond donors (Lipinski definition) is 3. The number of halogens is 1. The lowest BCUT2D eigenvalue weighted by Crippen LogP contribution is -2.44. The first kappa shape index (κ1) is 26.6. The molecule has 40 heavy (non-hydrogen) atoms. The quantitative estimate of drug-likeness (QED) is 0.271. The number of likely N-dealkylation sites (N-methyl/N-ethyl adjacent to an activating group) is 1. The van der Waals surface area contributed by atoms with Crippen molar-refractivity contribution in [2.45, 2.75) is 0 Å². The summed E-state index contributed by atoms with van der Waals surface area (Å²) in [5.41, 5.74) is 3.07. The van der Waals surface area contributed by atoms with Gasteiger partial charge in [0.15, 0.2) is 0 Å². The molecule has 1 amide bonds. The normalized spacial score (nSPS) is 13.5. The molecule has 1 aromatic carbocycles. The SMILES string of the molecule is C=CCNC(=O)c1cnc(Nc2ccc(N3CCN(C)CC3)cc2)nc1Nc1cccc(-c2cnc(F)cn2)n1. The number of piperazine rings is 1. The number of amides is 1. The number of nitrogens with zero attached hydrogens (tertiary/aromatic N) is 7. The fourth-order valence-corrected chi connectivity index (χ4v) is 4.13. The third-order valence-corrected chi connectivity index (χ3v) is 6.31. The summed E-state index contributed by atoms with van der Waals surface area (Å²) in [6.45, 7) is 7.96. The lowest BCUT2D eigenvalue weighted by Gasteiger charge is -2.34. The Kier molecular flexibility index (Phi) is 8.16. The molecular weight excluding hydrogens is 511 g/mol. The van der Waals surface area contributed by atoms with Crippen molar-refractivity contribution < 1.29 is 9.18 Å². The molecule has 204 valence electrons. The monoisotopic (exact) mass is 540 g/mol. The van der Waals surface area contributed by atoms with Crippen LogP contribution < -0.4 is 20.9 Å². The maximum Gasteiger partial charge on any atom is 0.256 e. The van der Waals surface area contributed by atoms with Crippen molar-refractivity contribution in [3.05, 3.63) is 85.2 Å². The average molecular weight is 541 g/mol. The lowest BCUT2D eigenvalue weighted by atomic mass is 10.2. The molecule has 0 atom stereocenters. The molecule has 0 unspecified atom stereocenters. The summed E-state index contributed by atoms with van der Waals surface area (Å²) in [7, 11) is 2.13. The highest BCUT2D eigenvalue weighted by Crippen LogP contribution is 2.24. The van der Waals surface area contributed by atoms with Crippen LogP contribution in [0.4, 0.5) is 33.3 Å². The van der Waals surface area contributed by atoms with Crippen molar-refractivity contribution in [1.29, 1.82) is 0 Å².